The summed E-state index contributed by atoms with van der Waals surface area (Å²) in [5.41, 5.74) is 2.62. The van der Waals surface area contributed by atoms with E-state index >= 15 is 0 Å². The van der Waals surface area contributed by atoms with Gasteiger partial charge in [-0.05, 0) is 53.5 Å². The van der Waals surface area contributed by atoms with Gasteiger partial charge in [-0.15, -0.1) is 0 Å². The molecule has 3 aromatic carbocycles. The van der Waals surface area contributed by atoms with Crippen LogP contribution < -0.4 is 34.9 Å². The molecule has 0 atom stereocenters. The van der Waals surface area contributed by atoms with Crippen LogP contribution in [-0.2, 0) is 12.8 Å². The van der Waals surface area contributed by atoms with Gasteiger partial charge in [0, 0.05) is 7.92 Å². The Morgan fingerprint density at radius 1 is 0.516 bits per heavy atom. The summed E-state index contributed by atoms with van der Waals surface area (Å²) in [6.45, 7) is 4.40. The van der Waals surface area contributed by atoms with E-state index in [0.29, 0.717) is 0 Å². The molecule has 3 rings (SSSR count). The highest BCUT2D eigenvalue weighted by Gasteiger charge is 2.32. The summed E-state index contributed by atoms with van der Waals surface area (Å²) in [7, 11) is 5.72. The van der Waals surface area contributed by atoms with E-state index in [2.05, 4.69) is 32.0 Å². The van der Waals surface area contributed by atoms with E-state index in [-0.39, 0.29) is 0 Å². The van der Waals surface area contributed by atoms with Gasteiger partial charge in [0.1, 0.15) is 23.0 Å². The Kier molecular flexibility index (Phi) is 7.81. The van der Waals surface area contributed by atoms with E-state index in [9.17, 15) is 0 Å². The Morgan fingerprint density at radius 2 is 0.839 bits per heavy atom. The van der Waals surface area contributed by atoms with Gasteiger partial charge in [0.05, 0.1) is 39.0 Å². The molecule has 0 aliphatic heterocycles. The molecule has 0 unspecified atom stereocenters. The lowest BCUT2D eigenvalue weighted by Crippen LogP contribution is -2.29. The summed E-state index contributed by atoms with van der Waals surface area (Å²) >= 11 is 0. The van der Waals surface area contributed by atoms with Crippen molar-refractivity contribution in [3.8, 4) is 23.0 Å². The highest BCUT2D eigenvalue weighted by Crippen LogP contribution is 2.47. The van der Waals surface area contributed by atoms with Crippen LogP contribution in [0.4, 0.5) is 0 Å². The van der Waals surface area contributed by atoms with Crippen molar-refractivity contribution in [3.05, 3.63) is 65.7 Å². The van der Waals surface area contributed by atoms with E-state index in [1.807, 2.05) is 36.4 Å². The normalized spacial score (nSPS) is 10.8. The van der Waals surface area contributed by atoms with Gasteiger partial charge in [0.25, 0.3) is 0 Å². The standard InChI is InChI=1S/C26H31O4P/c1-7-18-12-9-13-19(8-2)24(18)31(25-20(27-3)14-10-15-21(25)28-4)26-22(29-5)16-11-17-23(26)30-6/h9-17H,7-8H2,1-6H3. The van der Waals surface area contributed by atoms with Crippen LogP contribution >= 0.6 is 7.92 Å². The fourth-order valence-electron chi connectivity index (χ4n) is 3.94. The Bertz CT molecular complexity index is 833. The van der Waals surface area contributed by atoms with Crippen LogP contribution in [0, 0.1) is 0 Å². The quantitative estimate of drug-likeness (QED) is 0.458. The molecule has 0 amide bonds. The number of ether oxygens (including phenoxy) is 4. The number of rotatable bonds is 9. The molecule has 0 spiro atoms. The van der Waals surface area contributed by atoms with E-state index in [1.165, 1.54) is 16.4 Å². The van der Waals surface area contributed by atoms with Gasteiger partial charge in [-0.2, -0.15) is 0 Å². The number of methoxy groups -OCH3 is 4. The lowest BCUT2D eigenvalue weighted by atomic mass is 10.1. The van der Waals surface area contributed by atoms with Crippen molar-refractivity contribution in [3.63, 3.8) is 0 Å². The van der Waals surface area contributed by atoms with Gasteiger partial charge >= 0.3 is 0 Å². The fraction of sp³-hybridized carbons (Fsp3) is 0.308. The average molecular weight is 439 g/mol. The molecule has 0 N–H and O–H groups in total. The molecule has 0 saturated heterocycles. The SMILES string of the molecule is CCc1cccc(CC)c1P(c1c(OC)cccc1OC)c1c(OC)cccc1OC. The van der Waals surface area contributed by atoms with Crippen LogP contribution in [0.1, 0.15) is 25.0 Å². The van der Waals surface area contributed by atoms with E-state index in [4.69, 9.17) is 18.9 Å². The van der Waals surface area contributed by atoms with Crippen molar-refractivity contribution >= 4 is 23.8 Å². The second-order valence-corrected chi connectivity index (χ2v) is 9.00. The Balaban J connectivity index is 2.52. The van der Waals surface area contributed by atoms with E-state index in [0.717, 1.165) is 46.4 Å². The zero-order valence-electron chi connectivity index (χ0n) is 19.2. The van der Waals surface area contributed by atoms with Crippen molar-refractivity contribution in [2.24, 2.45) is 0 Å². The first-order chi connectivity index (χ1) is 15.1. The minimum absolute atomic E-state index is 0.798. The van der Waals surface area contributed by atoms with Crippen molar-refractivity contribution in [2.45, 2.75) is 26.7 Å². The first-order valence-electron chi connectivity index (χ1n) is 10.5. The van der Waals surface area contributed by atoms with Gasteiger partial charge in [-0.25, -0.2) is 0 Å². The number of aryl methyl sites for hydroxylation is 2. The summed E-state index contributed by atoms with van der Waals surface area (Å²) in [6, 6.07) is 18.5. The Hall–Kier alpha value is -2.71. The smallest absolute Gasteiger partial charge is 0.130 e. The minimum Gasteiger partial charge on any atom is -0.496 e. The van der Waals surface area contributed by atoms with Gasteiger partial charge in [-0.1, -0.05) is 44.2 Å². The summed E-state index contributed by atoms with van der Waals surface area (Å²) < 4.78 is 23.4. The number of hydrogen-bond acceptors (Lipinski definition) is 4. The predicted molar refractivity (Wildman–Crippen MR) is 130 cm³/mol. The molecule has 0 aliphatic rings. The van der Waals surface area contributed by atoms with E-state index in [1.54, 1.807) is 28.4 Å². The second kappa shape index (κ2) is 10.5. The third-order valence-corrected chi connectivity index (χ3v) is 8.24. The zero-order chi connectivity index (χ0) is 22.4. The molecule has 0 aliphatic carbocycles. The van der Waals surface area contributed by atoms with Crippen LogP contribution in [0.2, 0.25) is 0 Å². The van der Waals surface area contributed by atoms with Crippen LogP contribution in [-0.4, -0.2) is 28.4 Å². The lowest BCUT2D eigenvalue weighted by Gasteiger charge is -2.29. The molecule has 4 nitrogen and oxygen atoms in total. The van der Waals surface area contributed by atoms with Gasteiger partial charge in [0.2, 0.25) is 0 Å². The maximum atomic E-state index is 5.86. The third-order valence-electron chi connectivity index (χ3n) is 5.44. The lowest BCUT2D eigenvalue weighted by molar-refractivity contribution is 0.399. The second-order valence-electron chi connectivity index (χ2n) is 6.99. The van der Waals surface area contributed by atoms with Gasteiger partial charge in [0.15, 0.2) is 0 Å². The molecule has 0 saturated carbocycles. The van der Waals surface area contributed by atoms with Crippen molar-refractivity contribution < 1.29 is 18.9 Å². The summed E-state index contributed by atoms with van der Waals surface area (Å²) in [6.07, 6.45) is 1.86. The van der Waals surface area contributed by atoms with Crippen molar-refractivity contribution in [2.75, 3.05) is 28.4 Å². The van der Waals surface area contributed by atoms with Crippen molar-refractivity contribution in [1.82, 2.24) is 0 Å². The van der Waals surface area contributed by atoms with Crippen LogP contribution in [0.15, 0.2) is 54.6 Å². The Labute approximate surface area is 186 Å². The Morgan fingerprint density at radius 3 is 1.13 bits per heavy atom. The van der Waals surface area contributed by atoms with Gasteiger partial charge in [-0.3, -0.25) is 0 Å². The summed E-state index contributed by atoms with van der Waals surface area (Å²) in [4.78, 5) is 0. The molecule has 164 valence electrons. The zero-order valence-corrected chi connectivity index (χ0v) is 20.1. The third kappa shape index (κ3) is 4.36. The first-order valence-corrected chi connectivity index (χ1v) is 11.8. The van der Waals surface area contributed by atoms with Crippen LogP contribution in [0.5, 0.6) is 23.0 Å². The predicted octanol–water partition coefficient (Wildman–Crippen LogP) is 4.60. The molecule has 0 aromatic heterocycles. The monoisotopic (exact) mass is 438 g/mol. The highest BCUT2D eigenvalue weighted by molar-refractivity contribution is 7.80. The minimum atomic E-state index is -1.11. The largest absolute Gasteiger partial charge is 0.496 e. The maximum Gasteiger partial charge on any atom is 0.130 e. The molecule has 31 heavy (non-hydrogen) atoms. The molecule has 0 radical (unpaired) electrons. The van der Waals surface area contributed by atoms with Crippen LogP contribution in [0.25, 0.3) is 0 Å². The molecule has 5 heteroatoms. The molecular formula is C26H31O4P. The maximum absolute atomic E-state index is 5.86. The van der Waals surface area contributed by atoms with Crippen LogP contribution in [0.3, 0.4) is 0 Å². The molecule has 0 bridgehead atoms. The summed E-state index contributed by atoms with van der Waals surface area (Å²) in [5.74, 6) is 3.19. The fourth-order valence-corrected chi connectivity index (χ4v) is 7.20. The number of hydrogen-bond donors (Lipinski definition) is 0. The first kappa shape index (κ1) is 23.0. The average Bonchev–Trinajstić information content (AvgIpc) is 2.83. The topological polar surface area (TPSA) is 36.9 Å². The van der Waals surface area contributed by atoms with Gasteiger partial charge < -0.3 is 18.9 Å². The molecule has 3 aromatic rings. The molecule has 0 heterocycles. The summed E-state index contributed by atoms with van der Waals surface area (Å²) in [5, 5.41) is 3.37. The van der Waals surface area contributed by atoms with Crippen molar-refractivity contribution in [1.29, 1.82) is 0 Å². The molecular weight excluding hydrogens is 407 g/mol. The molecule has 0 fully saturated rings. The number of benzene rings is 3. The van der Waals surface area contributed by atoms with E-state index < -0.39 is 7.92 Å². The highest BCUT2D eigenvalue weighted by atomic mass is 31.1.